The molecule has 3 aromatic rings. The predicted molar refractivity (Wildman–Crippen MR) is 111 cm³/mol. The first-order chi connectivity index (χ1) is 16.3. The lowest BCUT2D eigenvalue weighted by molar-refractivity contribution is -0.137. The number of carbonyl (C=O) groups excluding carboxylic acids is 1. The van der Waals surface area contributed by atoms with E-state index in [2.05, 4.69) is 25.0 Å². The number of hydrogen-bond acceptors (Lipinski definition) is 7. The summed E-state index contributed by atoms with van der Waals surface area (Å²) < 4.78 is 55.0. The summed E-state index contributed by atoms with van der Waals surface area (Å²) in [7, 11) is 0. The maximum Gasteiger partial charge on any atom is 0.417 e. The molecule has 4 heterocycles. The molecule has 34 heavy (non-hydrogen) atoms. The van der Waals surface area contributed by atoms with Crippen LogP contribution in [0.4, 0.5) is 23.4 Å². The first-order valence-electron chi connectivity index (χ1n) is 10.7. The molecule has 0 spiro atoms. The molecule has 0 bridgehead atoms. The lowest BCUT2D eigenvalue weighted by atomic mass is 10.00. The van der Waals surface area contributed by atoms with Gasteiger partial charge in [-0.25, -0.2) is 24.3 Å². The molecule has 0 aromatic carbocycles. The van der Waals surface area contributed by atoms with Crippen LogP contribution < -0.4 is 4.90 Å². The molecule has 9 nitrogen and oxygen atoms in total. The van der Waals surface area contributed by atoms with Crippen molar-refractivity contribution in [3.63, 3.8) is 0 Å². The van der Waals surface area contributed by atoms with Gasteiger partial charge in [0, 0.05) is 31.2 Å². The van der Waals surface area contributed by atoms with Crippen LogP contribution in [0.2, 0.25) is 0 Å². The lowest BCUT2D eigenvalue weighted by Crippen LogP contribution is -2.55. The number of halogens is 4. The molecule has 2 fully saturated rings. The van der Waals surface area contributed by atoms with Gasteiger partial charge >= 0.3 is 6.18 Å². The summed E-state index contributed by atoms with van der Waals surface area (Å²) >= 11 is 0. The molecule has 1 saturated carbocycles. The summed E-state index contributed by atoms with van der Waals surface area (Å²) in [6, 6.07) is 1.47. The van der Waals surface area contributed by atoms with Crippen LogP contribution in [-0.4, -0.2) is 71.9 Å². The van der Waals surface area contributed by atoms with Crippen molar-refractivity contribution in [2.45, 2.75) is 43.7 Å². The van der Waals surface area contributed by atoms with E-state index in [0.29, 0.717) is 13.0 Å². The summed E-state index contributed by atoms with van der Waals surface area (Å²) in [5.74, 6) is 0.185. The number of nitrogens with zero attached hydrogens (tertiary/aromatic N) is 8. The average Bonchev–Trinajstić information content (AvgIpc) is 3.51. The van der Waals surface area contributed by atoms with E-state index in [1.807, 2.05) is 0 Å². The molecule has 178 valence electrons. The smallest absolute Gasteiger partial charge is 0.354 e. The van der Waals surface area contributed by atoms with Crippen molar-refractivity contribution >= 4 is 11.7 Å². The predicted octanol–water partition coefficient (Wildman–Crippen LogP) is 2.69. The van der Waals surface area contributed by atoms with Crippen LogP contribution in [0, 0.1) is 0 Å². The summed E-state index contributed by atoms with van der Waals surface area (Å²) in [4.78, 5) is 32.4. The van der Waals surface area contributed by atoms with Gasteiger partial charge in [-0.2, -0.15) is 23.0 Å². The van der Waals surface area contributed by atoms with E-state index >= 15 is 4.39 Å². The van der Waals surface area contributed by atoms with Crippen LogP contribution in [0.15, 0.2) is 43.4 Å². The monoisotopic (exact) mass is 476 g/mol. The molecule has 13 heteroatoms. The second kappa shape index (κ2) is 8.61. The van der Waals surface area contributed by atoms with Crippen molar-refractivity contribution in [1.82, 2.24) is 34.6 Å². The molecular weight excluding hydrogens is 456 g/mol. The van der Waals surface area contributed by atoms with E-state index in [0.717, 1.165) is 25.1 Å². The first-order valence-corrected chi connectivity index (χ1v) is 10.7. The second-order valence-corrected chi connectivity index (χ2v) is 8.28. The highest BCUT2D eigenvalue weighted by molar-refractivity contribution is 5.94. The van der Waals surface area contributed by atoms with Gasteiger partial charge in [0.05, 0.1) is 23.7 Å². The Kier molecular flexibility index (Phi) is 5.62. The third-order valence-electron chi connectivity index (χ3n) is 5.95. The van der Waals surface area contributed by atoms with Crippen molar-refractivity contribution < 1.29 is 22.4 Å². The zero-order valence-electron chi connectivity index (χ0n) is 17.8. The minimum atomic E-state index is -4.48. The largest absolute Gasteiger partial charge is 0.417 e. The number of hydrogen-bond donors (Lipinski definition) is 0. The van der Waals surface area contributed by atoms with Crippen LogP contribution in [0.5, 0.6) is 0 Å². The first kappa shape index (κ1) is 22.2. The Balaban J connectivity index is 1.29. The van der Waals surface area contributed by atoms with Gasteiger partial charge < -0.3 is 9.80 Å². The van der Waals surface area contributed by atoms with Crippen LogP contribution in [-0.2, 0) is 6.18 Å². The van der Waals surface area contributed by atoms with E-state index < -0.39 is 24.0 Å². The highest BCUT2D eigenvalue weighted by Gasteiger charge is 2.43. The van der Waals surface area contributed by atoms with Crippen LogP contribution in [0.3, 0.4) is 0 Å². The third kappa shape index (κ3) is 4.41. The second-order valence-electron chi connectivity index (χ2n) is 8.28. The molecule has 0 radical (unpaired) electrons. The standard InChI is InChI=1S/C21H20F4N8O/c22-16-10-31(18-4-1-14(9-27-18)21(23,24)25)6-5-17(16)33(15-2-3-15)19(34)13-7-28-20(29-8-13)32-12-26-11-30-32/h1,4,7-9,11-12,15-17H,2-3,5-6,10H2. The van der Waals surface area contributed by atoms with Gasteiger partial charge in [0.15, 0.2) is 0 Å². The molecule has 1 saturated heterocycles. The van der Waals surface area contributed by atoms with Crippen LogP contribution in [0.1, 0.15) is 35.2 Å². The SMILES string of the molecule is O=C(c1cnc(-n2cncn2)nc1)N(C1CC1)C1CCN(c2ccc(C(F)(F)F)cn2)CC1F. The highest BCUT2D eigenvalue weighted by Crippen LogP contribution is 2.35. The highest BCUT2D eigenvalue weighted by atomic mass is 19.4. The van der Waals surface area contributed by atoms with Crippen LogP contribution in [0.25, 0.3) is 5.95 Å². The Morgan fingerprint density at radius 2 is 1.82 bits per heavy atom. The number of carbonyl (C=O) groups is 1. The Bertz CT molecular complexity index is 1130. The normalized spacial score (nSPS) is 20.9. The Labute approximate surface area is 191 Å². The third-order valence-corrected chi connectivity index (χ3v) is 5.95. The van der Waals surface area contributed by atoms with E-state index in [-0.39, 0.29) is 35.8 Å². The topological polar surface area (TPSA) is 92.9 Å². The molecule has 5 rings (SSSR count). The van der Waals surface area contributed by atoms with Gasteiger partial charge in [0.1, 0.15) is 24.6 Å². The molecule has 1 aliphatic heterocycles. The van der Waals surface area contributed by atoms with Crippen LogP contribution >= 0.6 is 0 Å². The molecule has 2 aliphatic rings. The summed E-state index contributed by atoms with van der Waals surface area (Å²) in [6.45, 7) is 0.295. The fourth-order valence-corrected chi connectivity index (χ4v) is 4.11. The average molecular weight is 476 g/mol. The van der Waals surface area contributed by atoms with Gasteiger partial charge in [0.25, 0.3) is 11.9 Å². The Morgan fingerprint density at radius 1 is 1.06 bits per heavy atom. The minimum absolute atomic E-state index is 0.0542. The Hall–Kier alpha value is -3.64. The summed E-state index contributed by atoms with van der Waals surface area (Å²) in [6.07, 6.45) is 2.31. The number of aromatic nitrogens is 6. The van der Waals surface area contributed by atoms with E-state index in [1.54, 1.807) is 9.80 Å². The fraction of sp³-hybridized carbons (Fsp3) is 0.429. The maximum atomic E-state index is 15.3. The van der Waals surface area contributed by atoms with E-state index in [9.17, 15) is 18.0 Å². The van der Waals surface area contributed by atoms with Crippen molar-refractivity contribution in [3.8, 4) is 5.95 Å². The zero-order valence-corrected chi connectivity index (χ0v) is 17.8. The Morgan fingerprint density at radius 3 is 2.38 bits per heavy atom. The summed E-state index contributed by atoms with van der Waals surface area (Å²) in [5.41, 5.74) is -0.611. The molecule has 3 aromatic heterocycles. The van der Waals surface area contributed by atoms with E-state index in [1.165, 1.54) is 35.8 Å². The van der Waals surface area contributed by atoms with Gasteiger partial charge in [-0.05, 0) is 31.4 Å². The number of piperidine rings is 1. The summed E-state index contributed by atoms with van der Waals surface area (Å²) in [5, 5.41) is 3.94. The van der Waals surface area contributed by atoms with Gasteiger partial charge in [-0.1, -0.05) is 0 Å². The van der Waals surface area contributed by atoms with Crippen molar-refractivity contribution in [2.75, 3.05) is 18.0 Å². The number of anilines is 1. The molecular formula is C21H20F4N8O. The van der Waals surface area contributed by atoms with E-state index in [4.69, 9.17) is 0 Å². The number of pyridine rings is 1. The minimum Gasteiger partial charge on any atom is -0.354 e. The number of alkyl halides is 4. The van der Waals surface area contributed by atoms with Crippen molar-refractivity contribution in [3.05, 3.63) is 54.5 Å². The molecule has 1 aliphatic carbocycles. The quantitative estimate of drug-likeness (QED) is 0.523. The molecule has 0 N–H and O–H groups in total. The van der Waals surface area contributed by atoms with Gasteiger partial charge in [-0.3, -0.25) is 4.79 Å². The van der Waals surface area contributed by atoms with Crippen molar-refractivity contribution in [1.29, 1.82) is 0 Å². The molecule has 2 unspecified atom stereocenters. The number of rotatable bonds is 5. The zero-order chi connectivity index (χ0) is 23.9. The maximum absolute atomic E-state index is 15.3. The van der Waals surface area contributed by atoms with Gasteiger partial charge in [0.2, 0.25) is 0 Å². The molecule has 1 amide bonds. The fourth-order valence-electron chi connectivity index (χ4n) is 4.11. The molecule has 2 atom stereocenters. The number of amides is 1. The lowest BCUT2D eigenvalue weighted by Gasteiger charge is -2.41. The van der Waals surface area contributed by atoms with Crippen molar-refractivity contribution in [2.24, 2.45) is 0 Å². The van der Waals surface area contributed by atoms with Gasteiger partial charge in [-0.15, -0.1) is 0 Å².